The van der Waals surface area contributed by atoms with Crippen LogP contribution in [0.25, 0.3) is 0 Å². The van der Waals surface area contributed by atoms with Crippen molar-refractivity contribution < 1.29 is 24.9 Å². The summed E-state index contributed by atoms with van der Waals surface area (Å²) >= 11 is 0. The highest BCUT2D eigenvalue weighted by molar-refractivity contribution is 5.97. The number of hydrogen-bond acceptors (Lipinski definition) is 4. The number of aliphatic hydroxyl groups excluding tert-OH is 2. The summed E-state index contributed by atoms with van der Waals surface area (Å²) in [6, 6.07) is 5.31. The van der Waals surface area contributed by atoms with Gasteiger partial charge in [0, 0.05) is 18.5 Å². The fourth-order valence-electron chi connectivity index (χ4n) is 2.19. The van der Waals surface area contributed by atoms with E-state index in [1.807, 2.05) is 0 Å². The standard InChI is InChI=1S/C13H15NO5/c15-7-8-1-3-9(4-2-8)12(17)14-6-10(16)5-11(14)13(18)19/h1-4,10-11,15-16H,5-7H2,(H,18,19)/t10-,11-/m1/s1. The first-order valence-electron chi connectivity index (χ1n) is 5.94. The van der Waals surface area contributed by atoms with Crippen LogP contribution in [-0.2, 0) is 11.4 Å². The number of nitrogens with zero attached hydrogens (tertiary/aromatic N) is 1. The molecular formula is C13H15NO5. The predicted molar refractivity (Wildman–Crippen MR) is 65.4 cm³/mol. The van der Waals surface area contributed by atoms with Crippen LogP contribution in [0, 0.1) is 0 Å². The molecule has 0 radical (unpaired) electrons. The molecule has 1 amide bonds. The highest BCUT2D eigenvalue weighted by Crippen LogP contribution is 2.21. The van der Waals surface area contributed by atoms with E-state index in [1.54, 1.807) is 12.1 Å². The number of carboxylic acid groups (broad SMARTS) is 1. The Kier molecular flexibility index (Phi) is 3.82. The average Bonchev–Trinajstić information content (AvgIpc) is 2.80. The van der Waals surface area contributed by atoms with Crippen molar-refractivity contribution in [3.05, 3.63) is 35.4 Å². The van der Waals surface area contributed by atoms with E-state index >= 15 is 0 Å². The van der Waals surface area contributed by atoms with Gasteiger partial charge in [0.15, 0.2) is 0 Å². The molecule has 0 bridgehead atoms. The average molecular weight is 265 g/mol. The lowest BCUT2D eigenvalue weighted by molar-refractivity contribution is -0.141. The Bertz CT molecular complexity index is 484. The smallest absolute Gasteiger partial charge is 0.326 e. The third-order valence-electron chi connectivity index (χ3n) is 3.21. The van der Waals surface area contributed by atoms with E-state index in [0.29, 0.717) is 11.1 Å². The van der Waals surface area contributed by atoms with Crippen LogP contribution in [0.4, 0.5) is 0 Å². The van der Waals surface area contributed by atoms with Gasteiger partial charge in [0.05, 0.1) is 12.7 Å². The van der Waals surface area contributed by atoms with E-state index in [2.05, 4.69) is 0 Å². The summed E-state index contributed by atoms with van der Waals surface area (Å²) in [7, 11) is 0. The zero-order chi connectivity index (χ0) is 14.0. The molecule has 0 unspecified atom stereocenters. The van der Waals surface area contributed by atoms with E-state index in [1.165, 1.54) is 17.0 Å². The number of β-amino-alcohol motifs (C(OH)–C–C–N with tert-alkyl or cyclic N) is 1. The summed E-state index contributed by atoms with van der Waals surface area (Å²) in [5, 5.41) is 27.5. The van der Waals surface area contributed by atoms with E-state index in [4.69, 9.17) is 10.2 Å². The van der Waals surface area contributed by atoms with Crippen molar-refractivity contribution in [1.82, 2.24) is 4.90 Å². The van der Waals surface area contributed by atoms with Gasteiger partial charge in [-0.2, -0.15) is 0 Å². The van der Waals surface area contributed by atoms with Gasteiger partial charge in [-0.15, -0.1) is 0 Å². The predicted octanol–water partition coefficient (Wildman–Crippen LogP) is -0.161. The molecule has 1 heterocycles. The first-order chi connectivity index (χ1) is 9.02. The Morgan fingerprint density at radius 1 is 1.26 bits per heavy atom. The lowest BCUT2D eigenvalue weighted by Gasteiger charge is -2.21. The van der Waals surface area contributed by atoms with Crippen LogP contribution in [0.1, 0.15) is 22.3 Å². The zero-order valence-corrected chi connectivity index (χ0v) is 10.2. The third-order valence-corrected chi connectivity index (χ3v) is 3.21. The molecule has 1 aliphatic rings. The Morgan fingerprint density at radius 3 is 2.42 bits per heavy atom. The van der Waals surface area contributed by atoms with Gasteiger partial charge in [-0.1, -0.05) is 12.1 Å². The molecule has 1 fully saturated rings. The fourth-order valence-corrected chi connectivity index (χ4v) is 2.19. The molecule has 6 nitrogen and oxygen atoms in total. The number of rotatable bonds is 3. The number of benzene rings is 1. The monoisotopic (exact) mass is 265 g/mol. The zero-order valence-electron chi connectivity index (χ0n) is 10.2. The van der Waals surface area contributed by atoms with E-state index in [9.17, 15) is 14.7 Å². The number of amides is 1. The Labute approximate surface area is 109 Å². The van der Waals surface area contributed by atoms with Gasteiger partial charge >= 0.3 is 5.97 Å². The van der Waals surface area contributed by atoms with Crippen molar-refractivity contribution in [2.24, 2.45) is 0 Å². The summed E-state index contributed by atoms with van der Waals surface area (Å²) in [5.41, 5.74) is 1.02. The molecule has 1 aromatic rings. The van der Waals surface area contributed by atoms with Crippen LogP contribution in [0.3, 0.4) is 0 Å². The highest BCUT2D eigenvalue weighted by Gasteiger charge is 2.39. The number of hydrogen-bond donors (Lipinski definition) is 3. The van der Waals surface area contributed by atoms with Crippen molar-refractivity contribution in [2.45, 2.75) is 25.2 Å². The van der Waals surface area contributed by atoms with Crippen molar-refractivity contribution >= 4 is 11.9 Å². The summed E-state index contributed by atoms with van der Waals surface area (Å²) in [5.74, 6) is -1.54. The fraction of sp³-hybridized carbons (Fsp3) is 0.385. The Morgan fingerprint density at radius 2 is 1.89 bits per heavy atom. The highest BCUT2D eigenvalue weighted by atomic mass is 16.4. The summed E-state index contributed by atoms with van der Waals surface area (Å²) in [4.78, 5) is 24.4. The second kappa shape index (κ2) is 5.38. The molecule has 3 N–H and O–H groups in total. The Hall–Kier alpha value is -1.92. The minimum atomic E-state index is -1.11. The topological polar surface area (TPSA) is 98.1 Å². The third kappa shape index (κ3) is 2.74. The van der Waals surface area contributed by atoms with Crippen molar-refractivity contribution in [3.8, 4) is 0 Å². The van der Waals surface area contributed by atoms with E-state index in [0.717, 1.165) is 0 Å². The number of carbonyl (C=O) groups excluding carboxylic acids is 1. The van der Waals surface area contributed by atoms with Gasteiger partial charge < -0.3 is 20.2 Å². The van der Waals surface area contributed by atoms with Gasteiger partial charge in [-0.25, -0.2) is 4.79 Å². The van der Waals surface area contributed by atoms with Crippen LogP contribution in [-0.4, -0.2) is 50.8 Å². The van der Waals surface area contributed by atoms with E-state index in [-0.39, 0.29) is 19.6 Å². The summed E-state index contributed by atoms with van der Waals surface area (Å²) < 4.78 is 0. The normalized spacial score (nSPS) is 22.5. The molecule has 1 aromatic carbocycles. The van der Waals surface area contributed by atoms with Crippen LogP contribution < -0.4 is 0 Å². The van der Waals surface area contributed by atoms with E-state index < -0.39 is 24.0 Å². The van der Waals surface area contributed by atoms with Crippen molar-refractivity contribution in [1.29, 1.82) is 0 Å². The molecule has 6 heteroatoms. The maximum absolute atomic E-state index is 12.2. The molecule has 2 atom stereocenters. The summed E-state index contributed by atoms with van der Waals surface area (Å²) in [6.07, 6.45) is -0.753. The SMILES string of the molecule is O=C(O)[C@H]1C[C@@H](O)CN1C(=O)c1ccc(CO)cc1. The quantitative estimate of drug-likeness (QED) is 0.705. The second-order valence-corrected chi connectivity index (χ2v) is 4.56. The van der Waals surface area contributed by atoms with Crippen LogP contribution in [0.2, 0.25) is 0 Å². The molecule has 0 aliphatic carbocycles. The molecule has 1 saturated heterocycles. The second-order valence-electron chi connectivity index (χ2n) is 4.56. The molecule has 0 saturated carbocycles. The van der Waals surface area contributed by atoms with Gasteiger partial charge in [-0.05, 0) is 17.7 Å². The molecule has 0 spiro atoms. The number of aliphatic carboxylic acids is 1. The first kappa shape index (κ1) is 13.5. The van der Waals surface area contributed by atoms with Gasteiger partial charge in [0.1, 0.15) is 6.04 Å². The minimum absolute atomic E-state index is 0.0253. The van der Waals surface area contributed by atoms with Crippen LogP contribution >= 0.6 is 0 Å². The lowest BCUT2D eigenvalue weighted by atomic mass is 10.1. The molecule has 2 rings (SSSR count). The first-order valence-corrected chi connectivity index (χ1v) is 5.94. The molecule has 0 aromatic heterocycles. The Balaban J connectivity index is 2.20. The number of carboxylic acids is 1. The summed E-state index contributed by atoms with van der Waals surface area (Å²) in [6.45, 7) is -0.0911. The molecule has 19 heavy (non-hydrogen) atoms. The largest absolute Gasteiger partial charge is 0.480 e. The lowest BCUT2D eigenvalue weighted by Crippen LogP contribution is -2.40. The van der Waals surface area contributed by atoms with Gasteiger partial charge in [0.25, 0.3) is 5.91 Å². The van der Waals surface area contributed by atoms with Crippen molar-refractivity contribution in [2.75, 3.05) is 6.54 Å². The molecular weight excluding hydrogens is 250 g/mol. The number of carbonyl (C=O) groups is 2. The van der Waals surface area contributed by atoms with Gasteiger partial charge in [0.2, 0.25) is 0 Å². The number of likely N-dealkylation sites (tertiary alicyclic amines) is 1. The van der Waals surface area contributed by atoms with Crippen molar-refractivity contribution in [3.63, 3.8) is 0 Å². The molecule has 102 valence electrons. The maximum Gasteiger partial charge on any atom is 0.326 e. The number of aliphatic hydroxyl groups is 2. The van der Waals surface area contributed by atoms with Crippen LogP contribution in [0.15, 0.2) is 24.3 Å². The maximum atomic E-state index is 12.2. The van der Waals surface area contributed by atoms with Crippen LogP contribution in [0.5, 0.6) is 0 Å². The van der Waals surface area contributed by atoms with Gasteiger partial charge in [-0.3, -0.25) is 4.79 Å². The molecule has 1 aliphatic heterocycles. The minimum Gasteiger partial charge on any atom is -0.480 e.